The third kappa shape index (κ3) is 3.61. The lowest BCUT2D eigenvalue weighted by Crippen LogP contribution is -2.27. The molecule has 0 heterocycles. The van der Waals surface area contributed by atoms with Gasteiger partial charge >= 0.3 is 0 Å². The molecule has 2 rings (SSSR count). The summed E-state index contributed by atoms with van der Waals surface area (Å²) < 4.78 is 27.2. The number of hydrogen-bond donors (Lipinski definition) is 1. The lowest BCUT2D eigenvalue weighted by molar-refractivity contribution is 0.567. The van der Waals surface area contributed by atoms with Crippen molar-refractivity contribution in [1.82, 2.24) is 4.72 Å². The lowest BCUT2D eigenvalue weighted by atomic mass is 10.1. The molecule has 4 nitrogen and oxygen atoms in total. The molecule has 1 atom stereocenters. The normalized spacial score (nSPS) is 12.6. The van der Waals surface area contributed by atoms with Crippen LogP contribution in [-0.4, -0.2) is 8.42 Å². The average molecular weight is 321 g/mol. The van der Waals surface area contributed by atoms with Crippen LogP contribution in [0.4, 0.5) is 0 Å². The van der Waals surface area contributed by atoms with Gasteiger partial charge in [-0.3, -0.25) is 0 Å². The molecule has 0 unspecified atom stereocenters. The number of sulfonamides is 1. The molecule has 6 heteroatoms. The van der Waals surface area contributed by atoms with E-state index >= 15 is 0 Å². The Morgan fingerprint density at radius 1 is 1.19 bits per heavy atom. The first-order valence-corrected chi connectivity index (χ1v) is 8.07. The second-order valence-electron chi connectivity index (χ2n) is 4.50. The number of rotatable bonds is 4. The molecule has 2 aromatic carbocycles. The Morgan fingerprint density at radius 2 is 1.90 bits per heavy atom. The summed E-state index contributed by atoms with van der Waals surface area (Å²) in [5, 5.41) is 9.34. The molecule has 21 heavy (non-hydrogen) atoms. The highest BCUT2D eigenvalue weighted by atomic mass is 35.5. The number of hydrogen-bond acceptors (Lipinski definition) is 3. The Kier molecular flexibility index (Phi) is 4.63. The van der Waals surface area contributed by atoms with E-state index in [1.54, 1.807) is 37.3 Å². The maximum atomic E-state index is 12.3. The van der Waals surface area contributed by atoms with Gasteiger partial charge in [0, 0.05) is 11.1 Å². The fourth-order valence-electron chi connectivity index (χ4n) is 1.92. The van der Waals surface area contributed by atoms with Crippen LogP contribution < -0.4 is 4.72 Å². The van der Waals surface area contributed by atoms with Crippen molar-refractivity contribution in [2.45, 2.75) is 17.9 Å². The smallest absolute Gasteiger partial charge is 0.207 e. The summed E-state index contributed by atoms with van der Waals surface area (Å²) in [5.74, 6) is 0. The Balaban J connectivity index is 2.29. The van der Waals surface area contributed by atoms with E-state index in [1.165, 1.54) is 18.2 Å². The molecule has 0 amide bonds. The third-order valence-corrected chi connectivity index (χ3v) is 4.86. The molecular weight excluding hydrogens is 308 g/mol. The molecule has 0 aliphatic carbocycles. The van der Waals surface area contributed by atoms with Crippen LogP contribution in [0.1, 0.15) is 24.1 Å². The van der Waals surface area contributed by atoms with Crippen LogP contribution in [0.2, 0.25) is 5.02 Å². The van der Waals surface area contributed by atoms with Crippen molar-refractivity contribution in [3.8, 4) is 6.07 Å². The van der Waals surface area contributed by atoms with Crippen LogP contribution in [0.3, 0.4) is 0 Å². The van der Waals surface area contributed by atoms with Gasteiger partial charge in [-0.25, -0.2) is 13.1 Å². The zero-order chi connectivity index (χ0) is 15.5. The maximum absolute atomic E-state index is 12.3. The minimum atomic E-state index is -3.72. The summed E-state index contributed by atoms with van der Waals surface area (Å²) >= 11 is 6.06. The number of halogens is 1. The van der Waals surface area contributed by atoms with E-state index in [4.69, 9.17) is 16.9 Å². The second-order valence-corrected chi connectivity index (χ2v) is 6.63. The van der Waals surface area contributed by atoms with E-state index in [0.717, 1.165) is 0 Å². The Morgan fingerprint density at radius 3 is 2.57 bits per heavy atom. The van der Waals surface area contributed by atoms with Gasteiger partial charge in [0.25, 0.3) is 0 Å². The topological polar surface area (TPSA) is 70.0 Å². The van der Waals surface area contributed by atoms with Crippen molar-refractivity contribution in [2.75, 3.05) is 0 Å². The van der Waals surface area contributed by atoms with Gasteiger partial charge in [-0.15, -0.1) is 0 Å². The molecule has 0 radical (unpaired) electrons. The van der Waals surface area contributed by atoms with Gasteiger partial charge < -0.3 is 0 Å². The minimum absolute atomic E-state index is 0.0560. The summed E-state index contributed by atoms with van der Waals surface area (Å²) in [6.45, 7) is 1.72. The van der Waals surface area contributed by atoms with Gasteiger partial charge in [-0.1, -0.05) is 35.9 Å². The standard InChI is InChI=1S/C15H13ClN2O2S/c1-11(14-7-2-3-8-15(14)16)18-21(19,20)13-6-4-5-12(9-13)10-17/h2-9,11,18H,1H3/t11-/m0/s1. The SMILES string of the molecule is C[C@H](NS(=O)(=O)c1cccc(C#N)c1)c1ccccc1Cl. The second kappa shape index (κ2) is 6.27. The van der Waals surface area contributed by atoms with Crippen LogP contribution in [0.25, 0.3) is 0 Å². The Bertz CT molecular complexity index is 797. The van der Waals surface area contributed by atoms with Crippen LogP contribution in [0.15, 0.2) is 53.4 Å². The predicted octanol–water partition coefficient (Wildman–Crippen LogP) is 3.25. The van der Waals surface area contributed by atoms with Crippen LogP contribution in [-0.2, 0) is 10.0 Å². The summed E-state index contributed by atoms with van der Waals surface area (Å²) in [5.41, 5.74) is 0.988. The Labute approximate surface area is 129 Å². The van der Waals surface area contributed by atoms with Crippen molar-refractivity contribution >= 4 is 21.6 Å². The van der Waals surface area contributed by atoms with Crippen LogP contribution in [0.5, 0.6) is 0 Å². The number of benzene rings is 2. The maximum Gasteiger partial charge on any atom is 0.241 e. The molecule has 0 aliphatic rings. The molecule has 0 saturated heterocycles. The van der Waals surface area contributed by atoms with E-state index in [1.807, 2.05) is 6.07 Å². The average Bonchev–Trinajstić information content (AvgIpc) is 2.47. The van der Waals surface area contributed by atoms with Crippen LogP contribution in [0, 0.1) is 11.3 Å². The molecule has 0 aromatic heterocycles. The van der Waals surface area contributed by atoms with Gasteiger partial charge in [-0.2, -0.15) is 5.26 Å². The molecular formula is C15H13ClN2O2S. The highest BCUT2D eigenvalue weighted by Gasteiger charge is 2.19. The molecule has 108 valence electrons. The molecule has 0 aliphatic heterocycles. The van der Waals surface area contributed by atoms with Crippen LogP contribution >= 0.6 is 11.6 Å². The zero-order valence-corrected chi connectivity index (χ0v) is 12.8. The van der Waals surface area contributed by atoms with E-state index < -0.39 is 16.1 Å². The summed E-state index contributed by atoms with van der Waals surface area (Å²) in [6.07, 6.45) is 0. The van der Waals surface area contributed by atoms with Gasteiger partial charge in [0.2, 0.25) is 10.0 Å². The fraction of sp³-hybridized carbons (Fsp3) is 0.133. The fourth-order valence-corrected chi connectivity index (χ4v) is 3.49. The predicted molar refractivity (Wildman–Crippen MR) is 81.3 cm³/mol. The number of nitrogens with one attached hydrogen (secondary N) is 1. The van der Waals surface area contributed by atoms with Gasteiger partial charge in [-0.05, 0) is 36.8 Å². The van der Waals surface area contributed by atoms with Crippen molar-refractivity contribution in [1.29, 1.82) is 5.26 Å². The molecule has 0 fully saturated rings. The quantitative estimate of drug-likeness (QED) is 0.940. The monoisotopic (exact) mass is 320 g/mol. The minimum Gasteiger partial charge on any atom is -0.207 e. The van der Waals surface area contributed by atoms with Crippen molar-refractivity contribution in [2.24, 2.45) is 0 Å². The summed E-state index contributed by atoms with van der Waals surface area (Å²) in [4.78, 5) is 0.0560. The Hall–Kier alpha value is -1.87. The largest absolute Gasteiger partial charge is 0.241 e. The van der Waals surface area contributed by atoms with E-state index in [9.17, 15) is 8.42 Å². The molecule has 2 aromatic rings. The van der Waals surface area contributed by atoms with Gasteiger partial charge in [0.15, 0.2) is 0 Å². The first-order chi connectivity index (χ1) is 9.94. The molecule has 1 N–H and O–H groups in total. The van der Waals surface area contributed by atoms with E-state index in [0.29, 0.717) is 16.1 Å². The third-order valence-electron chi connectivity index (χ3n) is 2.98. The van der Waals surface area contributed by atoms with Crippen molar-refractivity contribution in [3.05, 3.63) is 64.7 Å². The van der Waals surface area contributed by atoms with E-state index in [-0.39, 0.29) is 4.90 Å². The van der Waals surface area contributed by atoms with Crippen molar-refractivity contribution < 1.29 is 8.42 Å². The number of nitriles is 1. The summed E-state index contributed by atoms with van der Waals surface area (Å²) in [6, 6.07) is 14.4. The first-order valence-electron chi connectivity index (χ1n) is 6.21. The number of nitrogens with zero attached hydrogens (tertiary/aromatic N) is 1. The van der Waals surface area contributed by atoms with Gasteiger partial charge in [0.1, 0.15) is 0 Å². The summed E-state index contributed by atoms with van der Waals surface area (Å²) in [7, 11) is -3.72. The molecule has 0 bridgehead atoms. The van der Waals surface area contributed by atoms with Gasteiger partial charge in [0.05, 0.1) is 16.5 Å². The highest BCUT2D eigenvalue weighted by Crippen LogP contribution is 2.24. The lowest BCUT2D eigenvalue weighted by Gasteiger charge is -2.16. The van der Waals surface area contributed by atoms with Crippen molar-refractivity contribution in [3.63, 3.8) is 0 Å². The molecule has 0 saturated carbocycles. The molecule has 0 spiro atoms. The zero-order valence-electron chi connectivity index (χ0n) is 11.2. The van der Waals surface area contributed by atoms with E-state index in [2.05, 4.69) is 4.72 Å². The first kappa shape index (κ1) is 15.5. The highest BCUT2D eigenvalue weighted by molar-refractivity contribution is 7.89.